The summed E-state index contributed by atoms with van der Waals surface area (Å²) in [7, 11) is -5.12. The number of rotatable bonds is 36. The lowest BCUT2D eigenvalue weighted by molar-refractivity contribution is -0.220. The van der Waals surface area contributed by atoms with Crippen LogP contribution in [0.15, 0.2) is 48.6 Å². The molecule has 6 unspecified atom stereocenters. The number of phosphoric ester groups is 1. The van der Waals surface area contributed by atoms with Crippen LogP contribution in [0.3, 0.4) is 0 Å². The van der Waals surface area contributed by atoms with Crippen molar-refractivity contribution in [3.8, 4) is 0 Å². The normalized spacial score (nSPS) is 22.8. The Kier molecular flexibility index (Phi) is 32.9. The Morgan fingerprint density at radius 2 is 0.915 bits per heavy atom. The molecule has 0 radical (unpaired) electrons. The number of aliphatic hydroxyl groups excluding tert-OH is 5. The van der Waals surface area contributed by atoms with Crippen molar-refractivity contribution in [2.45, 2.75) is 211 Å². The lowest BCUT2D eigenvalue weighted by Crippen LogP contribution is -2.64. The topological polar surface area (TPSA) is 210 Å². The van der Waals surface area contributed by atoms with Gasteiger partial charge in [-0.05, 0) is 77.0 Å². The number of ether oxygens (including phenoxy) is 2. The number of hydrogen-bond acceptors (Lipinski definition) is 12. The van der Waals surface area contributed by atoms with Crippen molar-refractivity contribution in [3.05, 3.63) is 48.6 Å². The zero-order chi connectivity index (χ0) is 43.6. The number of carbonyl (C=O) groups excluding carboxylic acids is 2. The molecular weight excluding hydrogens is 779 g/mol. The molecule has 6 N–H and O–H groups in total. The zero-order valence-electron chi connectivity index (χ0n) is 36.0. The fourth-order valence-corrected chi connectivity index (χ4v) is 7.44. The maximum atomic E-state index is 12.8. The van der Waals surface area contributed by atoms with E-state index in [4.69, 9.17) is 18.5 Å². The lowest BCUT2D eigenvalue weighted by atomic mass is 9.85. The van der Waals surface area contributed by atoms with E-state index in [9.17, 15) is 44.6 Å². The molecule has 1 saturated carbocycles. The van der Waals surface area contributed by atoms with E-state index < -0.39 is 75.7 Å². The first-order valence-electron chi connectivity index (χ1n) is 22.4. The number of aliphatic hydroxyl groups is 5. The maximum absolute atomic E-state index is 12.8. The summed E-state index contributed by atoms with van der Waals surface area (Å²) in [6, 6.07) is 0. The van der Waals surface area contributed by atoms with Gasteiger partial charge in [0.25, 0.3) is 0 Å². The van der Waals surface area contributed by atoms with Gasteiger partial charge < -0.3 is 39.9 Å². The summed E-state index contributed by atoms with van der Waals surface area (Å²) in [5.74, 6) is -1.13. The van der Waals surface area contributed by atoms with Crippen LogP contribution in [0.25, 0.3) is 0 Å². The smallest absolute Gasteiger partial charge is 0.462 e. The van der Waals surface area contributed by atoms with E-state index in [0.29, 0.717) is 12.8 Å². The summed E-state index contributed by atoms with van der Waals surface area (Å²) < 4.78 is 33.5. The molecule has 0 aromatic rings. The van der Waals surface area contributed by atoms with Crippen molar-refractivity contribution in [3.63, 3.8) is 0 Å². The molecule has 0 aromatic carbocycles. The van der Waals surface area contributed by atoms with Gasteiger partial charge in [-0.3, -0.25) is 18.6 Å². The van der Waals surface area contributed by atoms with Gasteiger partial charge in [-0.15, -0.1) is 0 Å². The molecule has 1 rings (SSSR count). The second-order valence-electron chi connectivity index (χ2n) is 15.5. The molecule has 342 valence electrons. The minimum absolute atomic E-state index is 0.0761. The van der Waals surface area contributed by atoms with Gasteiger partial charge >= 0.3 is 19.8 Å². The predicted octanol–water partition coefficient (Wildman–Crippen LogP) is 8.39. The van der Waals surface area contributed by atoms with Crippen LogP contribution in [0.1, 0.15) is 168 Å². The molecule has 59 heavy (non-hydrogen) atoms. The van der Waals surface area contributed by atoms with Crippen molar-refractivity contribution < 1.29 is 63.1 Å². The quantitative estimate of drug-likeness (QED) is 0.0152. The predicted molar refractivity (Wildman–Crippen MR) is 230 cm³/mol. The first-order chi connectivity index (χ1) is 28.4. The Morgan fingerprint density at radius 1 is 0.525 bits per heavy atom. The molecule has 0 aliphatic heterocycles. The molecule has 0 amide bonds. The molecule has 1 fully saturated rings. The van der Waals surface area contributed by atoms with Crippen LogP contribution in [0.4, 0.5) is 0 Å². The highest BCUT2D eigenvalue weighted by molar-refractivity contribution is 7.47. The number of allylic oxidation sites excluding steroid dienone is 8. The number of esters is 2. The monoisotopic (exact) mass is 859 g/mol. The number of unbranched alkanes of at least 4 members (excludes halogenated alkanes) is 16. The van der Waals surface area contributed by atoms with Crippen molar-refractivity contribution in [2.24, 2.45) is 0 Å². The summed E-state index contributed by atoms with van der Waals surface area (Å²) in [4.78, 5) is 35.6. The van der Waals surface area contributed by atoms with E-state index in [-0.39, 0.29) is 12.8 Å². The van der Waals surface area contributed by atoms with Crippen LogP contribution >= 0.6 is 7.82 Å². The van der Waals surface area contributed by atoms with Crippen LogP contribution in [-0.4, -0.2) is 98.3 Å². The van der Waals surface area contributed by atoms with Crippen LogP contribution in [0, 0.1) is 0 Å². The van der Waals surface area contributed by atoms with Crippen molar-refractivity contribution in [1.29, 1.82) is 0 Å². The summed E-state index contributed by atoms with van der Waals surface area (Å²) in [5, 5.41) is 50.1. The Labute approximate surface area is 354 Å². The van der Waals surface area contributed by atoms with E-state index in [1.54, 1.807) is 0 Å². The van der Waals surface area contributed by atoms with Crippen LogP contribution in [-0.2, 0) is 32.7 Å². The minimum atomic E-state index is -5.12. The first-order valence-corrected chi connectivity index (χ1v) is 23.9. The van der Waals surface area contributed by atoms with Crippen molar-refractivity contribution in [1.82, 2.24) is 0 Å². The van der Waals surface area contributed by atoms with Crippen LogP contribution in [0.2, 0.25) is 0 Å². The third kappa shape index (κ3) is 28.1. The van der Waals surface area contributed by atoms with E-state index in [1.165, 1.54) is 38.5 Å². The van der Waals surface area contributed by atoms with E-state index in [1.807, 2.05) is 0 Å². The van der Waals surface area contributed by atoms with E-state index in [2.05, 4.69) is 62.5 Å². The Bertz CT molecular complexity index is 1220. The second-order valence-corrected chi connectivity index (χ2v) is 16.9. The van der Waals surface area contributed by atoms with Crippen LogP contribution < -0.4 is 0 Å². The second kappa shape index (κ2) is 35.4. The van der Waals surface area contributed by atoms with Crippen LogP contribution in [0.5, 0.6) is 0 Å². The minimum Gasteiger partial charge on any atom is -0.462 e. The Hall–Kier alpha value is -2.19. The average Bonchev–Trinajstić information content (AvgIpc) is 3.21. The van der Waals surface area contributed by atoms with Gasteiger partial charge in [0.2, 0.25) is 0 Å². The molecule has 1 aliphatic rings. The summed E-state index contributed by atoms with van der Waals surface area (Å²) in [6.45, 7) is 3.21. The van der Waals surface area contributed by atoms with E-state index in [0.717, 1.165) is 89.9 Å². The molecule has 13 nitrogen and oxygen atoms in total. The lowest BCUT2D eigenvalue weighted by Gasteiger charge is -2.41. The van der Waals surface area contributed by atoms with Crippen molar-refractivity contribution in [2.75, 3.05) is 13.2 Å². The molecular formula is C45H79O13P. The fraction of sp³-hybridized carbons (Fsp3) is 0.778. The van der Waals surface area contributed by atoms with Gasteiger partial charge in [0.05, 0.1) is 6.61 Å². The maximum Gasteiger partial charge on any atom is 0.472 e. The third-order valence-corrected chi connectivity index (χ3v) is 11.1. The highest BCUT2D eigenvalue weighted by atomic mass is 31.2. The number of hydrogen-bond donors (Lipinski definition) is 6. The molecule has 0 saturated heterocycles. The molecule has 14 heteroatoms. The fourth-order valence-electron chi connectivity index (χ4n) is 6.46. The summed E-state index contributed by atoms with van der Waals surface area (Å²) in [5.41, 5.74) is 0. The Morgan fingerprint density at radius 3 is 1.37 bits per heavy atom. The average molecular weight is 859 g/mol. The highest BCUT2D eigenvalue weighted by Gasteiger charge is 2.51. The van der Waals surface area contributed by atoms with Gasteiger partial charge in [-0.2, -0.15) is 0 Å². The molecule has 0 heterocycles. The number of carbonyl (C=O) groups is 2. The van der Waals surface area contributed by atoms with Gasteiger partial charge in [0.15, 0.2) is 6.10 Å². The SMILES string of the molecule is CCCCCC=CCC=CCCCCCCCC(=O)OCC(COP(=O)(O)OC1C(O)C(O)C(O)C(O)C1O)OC(=O)CCCCCCCC=CCC=CCCCCC. The molecule has 1 aliphatic carbocycles. The third-order valence-electron chi connectivity index (χ3n) is 10.1. The largest absolute Gasteiger partial charge is 0.472 e. The van der Waals surface area contributed by atoms with Crippen molar-refractivity contribution >= 4 is 19.8 Å². The highest BCUT2D eigenvalue weighted by Crippen LogP contribution is 2.47. The Balaban J connectivity index is 2.50. The van der Waals surface area contributed by atoms with E-state index >= 15 is 0 Å². The number of phosphoric acid groups is 1. The van der Waals surface area contributed by atoms with Gasteiger partial charge in [-0.25, -0.2) is 4.57 Å². The molecule has 6 atom stereocenters. The van der Waals surface area contributed by atoms with Gasteiger partial charge in [0.1, 0.15) is 43.2 Å². The standard InChI is InChI=1S/C45H79O13P/c1-3-5-7-9-11-13-15-17-19-21-23-25-27-29-31-33-38(46)55-35-37(36-56-59(53,54)58-45-43(51)41(49)40(48)42(50)44(45)52)57-39(47)34-32-30-28-26-24-22-20-18-16-14-12-10-8-6-4-2/h11-14,17-20,37,40-45,48-52H,3-10,15-16,21-36H2,1-2H3,(H,53,54). The summed E-state index contributed by atoms with van der Waals surface area (Å²) >= 11 is 0. The zero-order valence-corrected chi connectivity index (χ0v) is 36.9. The molecule has 0 spiro atoms. The van der Waals surface area contributed by atoms with Gasteiger partial charge in [0, 0.05) is 12.8 Å². The van der Waals surface area contributed by atoms with Gasteiger partial charge in [-0.1, -0.05) is 127 Å². The first kappa shape index (κ1) is 54.8. The molecule has 0 bridgehead atoms. The summed E-state index contributed by atoms with van der Waals surface area (Å²) in [6.07, 6.45) is 27.3. The molecule has 0 aromatic heterocycles.